The second kappa shape index (κ2) is 12.4. The van der Waals surface area contributed by atoms with Crippen LogP contribution in [0.1, 0.15) is 18.3 Å². The number of aromatic hydroxyl groups is 1. The first-order valence-electron chi connectivity index (χ1n) is 10.4. The number of carbonyl (C=O) groups is 1. The van der Waals surface area contributed by atoms with E-state index < -0.39 is 27.5 Å². The number of benzene rings is 2. The number of hydrazone groups is 1. The van der Waals surface area contributed by atoms with Crippen LogP contribution in [-0.4, -0.2) is 42.2 Å². The van der Waals surface area contributed by atoms with Gasteiger partial charge in [0.2, 0.25) is 5.75 Å². The second-order valence-electron chi connectivity index (χ2n) is 7.27. The number of nitrogens with zero attached hydrogens (tertiary/aromatic N) is 5. The number of amides is 1. The van der Waals surface area contributed by atoms with Crippen LogP contribution in [0.5, 0.6) is 5.75 Å². The third-order valence-electron chi connectivity index (χ3n) is 4.71. The molecule has 36 heavy (non-hydrogen) atoms. The van der Waals surface area contributed by atoms with Crippen molar-refractivity contribution >= 4 is 58.5 Å². The first-order valence-corrected chi connectivity index (χ1v) is 12.0. The zero-order valence-corrected chi connectivity index (χ0v) is 21.2. The molecule has 1 heterocycles. The van der Waals surface area contributed by atoms with Gasteiger partial charge in [-0.2, -0.15) is 5.10 Å². The topological polar surface area (TPSA) is 148 Å². The summed E-state index contributed by atoms with van der Waals surface area (Å²) < 4.78 is 1.83. The van der Waals surface area contributed by atoms with Gasteiger partial charge < -0.3 is 15.0 Å². The number of anilines is 1. The standard InChI is InChI=1S/C22H21Cl2N7O4S/c1-3-8-30-19(12-25-17-6-4-15(23)5-7-17)27-29-22(30)36-13(2)21(33)28-26-11-14-9-16(24)10-18(20(14)32)31(34)35/h3-7,9-11,13,25,32H,1,8,12H2,2H3,(H,28,33)/t13-/m1/s1. The van der Waals surface area contributed by atoms with Gasteiger partial charge in [-0.25, -0.2) is 5.43 Å². The number of allylic oxidation sites excluding steroid dienone is 1. The van der Waals surface area contributed by atoms with E-state index in [2.05, 4.69) is 32.6 Å². The number of nitro benzene ring substituents is 1. The van der Waals surface area contributed by atoms with Crippen LogP contribution in [0.15, 0.2) is 59.3 Å². The number of hydrogen-bond acceptors (Lipinski definition) is 9. The van der Waals surface area contributed by atoms with E-state index in [9.17, 15) is 20.0 Å². The summed E-state index contributed by atoms with van der Waals surface area (Å²) in [5.41, 5.74) is 2.62. The number of phenols is 1. The summed E-state index contributed by atoms with van der Waals surface area (Å²) in [6.45, 7) is 6.26. The summed E-state index contributed by atoms with van der Waals surface area (Å²) in [7, 11) is 0. The molecule has 14 heteroatoms. The highest BCUT2D eigenvalue weighted by Crippen LogP contribution is 2.32. The molecule has 0 saturated heterocycles. The summed E-state index contributed by atoms with van der Waals surface area (Å²) in [6, 6.07) is 9.55. The molecule has 3 aromatic rings. The highest BCUT2D eigenvalue weighted by Gasteiger charge is 2.20. The van der Waals surface area contributed by atoms with Crippen LogP contribution >= 0.6 is 35.0 Å². The van der Waals surface area contributed by atoms with E-state index in [-0.39, 0.29) is 10.6 Å². The number of thioether (sulfide) groups is 1. The number of hydrogen-bond donors (Lipinski definition) is 3. The Morgan fingerprint density at radius 3 is 2.69 bits per heavy atom. The lowest BCUT2D eigenvalue weighted by Gasteiger charge is -2.12. The average molecular weight is 550 g/mol. The van der Waals surface area contributed by atoms with Crippen LogP contribution in [0.25, 0.3) is 0 Å². The first kappa shape index (κ1) is 27.0. The molecule has 3 N–H and O–H groups in total. The van der Waals surface area contributed by atoms with Gasteiger partial charge in [-0.3, -0.25) is 14.9 Å². The highest BCUT2D eigenvalue weighted by atomic mass is 35.5. The van der Waals surface area contributed by atoms with Gasteiger partial charge in [0.1, 0.15) is 0 Å². The lowest BCUT2D eigenvalue weighted by molar-refractivity contribution is -0.385. The summed E-state index contributed by atoms with van der Waals surface area (Å²) in [6.07, 6.45) is 2.77. The highest BCUT2D eigenvalue weighted by molar-refractivity contribution is 8.00. The third-order valence-corrected chi connectivity index (χ3v) is 6.26. The van der Waals surface area contributed by atoms with Gasteiger partial charge in [-0.05, 0) is 37.3 Å². The Bertz CT molecular complexity index is 1300. The number of nitro groups is 1. The zero-order valence-electron chi connectivity index (χ0n) is 18.9. The largest absolute Gasteiger partial charge is 0.502 e. The van der Waals surface area contributed by atoms with Crippen molar-refractivity contribution in [2.45, 2.75) is 30.4 Å². The zero-order chi connectivity index (χ0) is 26.2. The fourth-order valence-electron chi connectivity index (χ4n) is 2.91. The Morgan fingerprint density at radius 1 is 1.31 bits per heavy atom. The van der Waals surface area contributed by atoms with Gasteiger partial charge in [-0.1, -0.05) is 41.0 Å². The van der Waals surface area contributed by atoms with Crippen molar-refractivity contribution in [3.05, 3.63) is 80.6 Å². The minimum absolute atomic E-state index is 0.0154. The molecule has 11 nitrogen and oxygen atoms in total. The normalized spacial score (nSPS) is 11.9. The average Bonchev–Trinajstić information content (AvgIpc) is 3.21. The maximum atomic E-state index is 12.5. The van der Waals surface area contributed by atoms with E-state index in [4.69, 9.17) is 23.2 Å². The Morgan fingerprint density at radius 2 is 2.03 bits per heavy atom. The van der Waals surface area contributed by atoms with Gasteiger partial charge >= 0.3 is 5.69 Å². The fourth-order valence-corrected chi connectivity index (χ4v) is 4.13. The van der Waals surface area contributed by atoms with E-state index in [1.165, 1.54) is 17.8 Å². The van der Waals surface area contributed by atoms with Crippen molar-refractivity contribution in [2.75, 3.05) is 5.32 Å². The quantitative estimate of drug-likeness (QED) is 0.103. The molecule has 1 atom stereocenters. The summed E-state index contributed by atoms with van der Waals surface area (Å²) >= 11 is 12.9. The van der Waals surface area contributed by atoms with Crippen molar-refractivity contribution in [3.8, 4) is 5.75 Å². The molecule has 0 aliphatic heterocycles. The van der Waals surface area contributed by atoms with Gasteiger partial charge in [0.25, 0.3) is 5.91 Å². The Labute approximate surface area is 220 Å². The maximum absolute atomic E-state index is 12.5. The minimum atomic E-state index is -0.769. The Hall–Kier alpha value is -3.61. The van der Waals surface area contributed by atoms with Crippen LogP contribution in [0.4, 0.5) is 11.4 Å². The monoisotopic (exact) mass is 549 g/mol. The van der Waals surface area contributed by atoms with Gasteiger partial charge in [0.15, 0.2) is 11.0 Å². The van der Waals surface area contributed by atoms with Crippen molar-refractivity contribution in [1.29, 1.82) is 0 Å². The molecule has 0 aliphatic carbocycles. The SMILES string of the molecule is C=CCn1c(CNc2ccc(Cl)cc2)nnc1S[C@H](C)C(=O)NN=Cc1cc(Cl)cc([N+](=O)[O-])c1O. The van der Waals surface area contributed by atoms with Crippen LogP contribution in [0.2, 0.25) is 10.0 Å². The Balaban J connectivity index is 1.64. The molecule has 0 saturated carbocycles. The lowest BCUT2D eigenvalue weighted by Crippen LogP contribution is -2.27. The molecule has 0 unspecified atom stereocenters. The van der Waals surface area contributed by atoms with Crippen molar-refractivity contribution in [3.63, 3.8) is 0 Å². The van der Waals surface area contributed by atoms with Crippen molar-refractivity contribution < 1.29 is 14.8 Å². The summed E-state index contributed by atoms with van der Waals surface area (Å²) in [4.78, 5) is 22.8. The molecule has 0 radical (unpaired) electrons. The molecule has 0 fully saturated rings. The molecule has 0 bridgehead atoms. The van der Waals surface area contributed by atoms with Crippen LogP contribution in [0, 0.1) is 10.1 Å². The molecule has 1 aromatic heterocycles. The first-order chi connectivity index (χ1) is 17.2. The molecular weight excluding hydrogens is 529 g/mol. The van der Waals surface area contributed by atoms with Crippen LogP contribution in [0.3, 0.4) is 0 Å². The van der Waals surface area contributed by atoms with Crippen molar-refractivity contribution in [2.24, 2.45) is 5.10 Å². The lowest BCUT2D eigenvalue weighted by atomic mass is 10.2. The van der Waals surface area contributed by atoms with E-state index in [0.717, 1.165) is 18.0 Å². The fraction of sp³-hybridized carbons (Fsp3) is 0.182. The number of carbonyl (C=O) groups excluding carboxylic acids is 1. The molecule has 3 rings (SSSR count). The minimum Gasteiger partial charge on any atom is -0.502 e. The van der Waals surface area contributed by atoms with Gasteiger partial charge in [0, 0.05) is 33.9 Å². The number of rotatable bonds is 11. The number of halogens is 2. The predicted molar refractivity (Wildman–Crippen MR) is 140 cm³/mol. The molecule has 188 valence electrons. The van der Waals surface area contributed by atoms with Crippen LogP contribution in [-0.2, 0) is 17.9 Å². The van der Waals surface area contributed by atoms with Gasteiger partial charge in [-0.15, -0.1) is 16.8 Å². The number of phenolic OH excluding ortho intramolecular Hbond substituents is 1. The summed E-state index contributed by atoms with van der Waals surface area (Å²) in [5, 5.41) is 37.0. The predicted octanol–water partition coefficient (Wildman–Crippen LogP) is 4.63. The Kier molecular flexibility index (Phi) is 9.28. The molecule has 0 spiro atoms. The third kappa shape index (κ3) is 6.97. The smallest absolute Gasteiger partial charge is 0.312 e. The van der Waals surface area contributed by atoms with E-state index in [1.54, 1.807) is 25.1 Å². The van der Waals surface area contributed by atoms with Crippen molar-refractivity contribution in [1.82, 2.24) is 20.2 Å². The number of aromatic nitrogens is 3. The van der Waals surface area contributed by atoms with Gasteiger partial charge in [0.05, 0.1) is 22.9 Å². The van der Waals surface area contributed by atoms with E-state index >= 15 is 0 Å². The number of nitrogens with one attached hydrogen (secondary N) is 2. The van der Waals surface area contributed by atoms with Crippen LogP contribution < -0.4 is 10.7 Å². The molecule has 0 aliphatic rings. The molecule has 2 aromatic carbocycles. The van der Waals surface area contributed by atoms with E-state index in [0.29, 0.717) is 29.1 Å². The second-order valence-corrected chi connectivity index (χ2v) is 9.45. The van der Waals surface area contributed by atoms with E-state index in [1.807, 2.05) is 16.7 Å². The summed E-state index contributed by atoms with van der Waals surface area (Å²) in [5.74, 6) is -0.417. The maximum Gasteiger partial charge on any atom is 0.312 e. The molecular formula is C22H21Cl2N7O4S. The molecule has 1 amide bonds.